The molecule has 0 aliphatic rings. The Balaban J connectivity index is 1.95. The van der Waals surface area contributed by atoms with Gasteiger partial charge in [0, 0.05) is 11.1 Å². The summed E-state index contributed by atoms with van der Waals surface area (Å²) in [6.45, 7) is 2.01. The first-order valence-corrected chi connectivity index (χ1v) is 5.92. The molecule has 1 N–H and O–H groups in total. The number of nitrogens with zero attached hydrogens (tertiary/aromatic N) is 1. The number of benzene rings is 1. The predicted molar refractivity (Wildman–Crippen MR) is 65.6 cm³/mol. The van der Waals surface area contributed by atoms with Gasteiger partial charge in [0.15, 0.2) is 0 Å². The lowest BCUT2D eigenvalue weighted by Crippen LogP contribution is -2.14. The van der Waals surface area contributed by atoms with Gasteiger partial charge in [-0.1, -0.05) is 17.7 Å². The van der Waals surface area contributed by atoms with Crippen LogP contribution in [-0.2, 0) is 11.2 Å². The Hall–Kier alpha value is -1.68. The topological polar surface area (TPSA) is 42.0 Å². The third-order valence-corrected chi connectivity index (χ3v) is 2.80. The molecule has 0 fully saturated rings. The molecule has 2 rings (SSSR count). The van der Waals surface area contributed by atoms with Gasteiger partial charge in [0.1, 0.15) is 0 Å². The SMILES string of the molecule is Cc1ccc(NC(=O)Cc2cscn2)cc1. The van der Waals surface area contributed by atoms with Crippen molar-refractivity contribution >= 4 is 22.9 Å². The summed E-state index contributed by atoms with van der Waals surface area (Å²) in [6.07, 6.45) is 0.331. The molecule has 0 saturated heterocycles. The predicted octanol–water partition coefficient (Wildman–Crippen LogP) is 2.63. The van der Waals surface area contributed by atoms with Gasteiger partial charge in [0.05, 0.1) is 17.6 Å². The minimum absolute atomic E-state index is 0.0326. The molecule has 0 bridgehead atoms. The van der Waals surface area contributed by atoms with Crippen LogP contribution in [-0.4, -0.2) is 10.9 Å². The van der Waals surface area contributed by atoms with E-state index in [-0.39, 0.29) is 5.91 Å². The molecular weight excluding hydrogens is 220 g/mol. The Morgan fingerprint density at radius 2 is 2.12 bits per heavy atom. The molecule has 0 spiro atoms. The van der Waals surface area contributed by atoms with E-state index in [1.165, 1.54) is 16.9 Å². The molecule has 0 aliphatic heterocycles. The second-order valence-corrected chi connectivity index (χ2v) is 4.29. The van der Waals surface area contributed by atoms with Gasteiger partial charge in [-0.05, 0) is 19.1 Å². The number of hydrogen-bond acceptors (Lipinski definition) is 3. The van der Waals surface area contributed by atoms with E-state index in [4.69, 9.17) is 0 Å². The van der Waals surface area contributed by atoms with Crippen LogP contribution in [0, 0.1) is 6.92 Å². The average molecular weight is 232 g/mol. The summed E-state index contributed by atoms with van der Waals surface area (Å²) in [4.78, 5) is 15.7. The third kappa shape index (κ3) is 2.90. The summed E-state index contributed by atoms with van der Waals surface area (Å²) in [5.41, 5.74) is 4.55. The van der Waals surface area contributed by atoms with Crippen molar-refractivity contribution in [3.8, 4) is 0 Å². The van der Waals surface area contributed by atoms with Crippen LogP contribution in [0.4, 0.5) is 5.69 Å². The number of thiazole rings is 1. The van der Waals surface area contributed by atoms with Crippen LogP contribution in [0.1, 0.15) is 11.3 Å². The van der Waals surface area contributed by atoms with Gasteiger partial charge in [-0.3, -0.25) is 4.79 Å². The summed E-state index contributed by atoms with van der Waals surface area (Å²) >= 11 is 1.50. The quantitative estimate of drug-likeness (QED) is 0.884. The monoisotopic (exact) mass is 232 g/mol. The van der Waals surface area contributed by atoms with Gasteiger partial charge in [-0.25, -0.2) is 4.98 Å². The number of rotatable bonds is 3. The lowest BCUT2D eigenvalue weighted by molar-refractivity contribution is -0.115. The van der Waals surface area contributed by atoms with E-state index in [1.54, 1.807) is 5.51 Å². The summed E-state index contributed by atoms with van der Waals surface area (Å²) in [6, 6.07) is 7.74. The highest BCUT2D eigenvalue weighted by atomic mass is 32.1. The number of carbonyl (C=O) groups excluding carboxylic acids is 1. The summed E-state index contributed by atoms with van der Waals surface area (Å²) in [7, 11) is 0. The molecule has 82 valence electrons. The highest BCUT2D eigenvalue weighted by Gasteiger charge is 2.04. The highest BCUT2D eigenvalue weighted by Crippen LogP contribution is 2.09. The second kappa shape index (κ2) is 4.90. The molecule has 2 aromatic rings. The van der Waals surface area contributed by atoms with Crippen LogP contribution in [0.15, 0.2) is 35.2 Å². The van der Waals surface area contributed by atoms with Gasteiger partial charge in [0.25, 0.3) is 0 Å². The highest BCUT2D eigenvalue weighted by molar-refractivity contribution is 7.07. The van der Waals surface area contributed by atoms with Crippen LogP contribution in [0.5, 0.6) is 0 Å². The number of aryl methyl sites for hydroxylation is 1. The molecule has 1 aromatic heterocycles. The summed E-state index contributed by atoms with van der Waals surface area (Å²) in [5, 5.41) is 4.72. The van der Waals surface area contributed by atoms with E-state index < -0.39 is 0 Å². The number of anilines is 1. The van der Waals surface area contributed by atoms with Crippen LogP contribution in [0.3, 0.4) is 0 Å². The van der Waals surface area contributed by atoms with E-state index in [2.05, 4.69) is 10.3 Å². The molecule has 0 unspecified atom stereocenters. The summed E-state index contributed by atoms with van der Waals surface area (Å²) < 4.78 is 0. The molecule has 0 saturated carbocycles. The molecule has 0 atom stereocenters. The van der Waals surface area contributed by atoms with E-state index in [9.17, 15) is 4.79 Å². The molecule has 3 nitrogen and oxygen atoms in total. The normalized spacial score (nSPS) is 10.1. The minimum Gasteiger partial charge on any atom is -0.326 e. The van der Waals surface area contributed by atoms with Gasteiger partial charge < -0.3 is 5.32 Å². The van der Waals surface area contributed by atoms with Crippen molar-refractivity contribution in [3.63, 3.8) is 0 Å². The van der Waals surface area contributed by atoms with E-state index >= 15 is 0 Å². The molecule has 1 aromatic carbocycles. The van der Waals surface area contributed by atoms with E-state index in [0.29, 0.717) is 6.42 Å². The molecule has 16 heavy (non-hydrogen) atoms. The Morgan fingerprint density at radius 1 is 1.38 bits per heavy atom. The zero-order chi connectivity index (χ0) is 11.4. The zero-order valence-corrected chi connectivity index (χ0v) is 9.75. The van der Waals surface area contributed by atoms with Crippen LogP contribution < -0.4 is 5.32 Å². The first-order chi connectivity index (χ1) is 7.74. The number of amides is 1. The number of aromatic nitrogens is 1. The minimum atomic E-state index is -0.0326. The van der Waals surface area contributed by atoms with Crippen molar-refractivity contribution in [3.05, 3.63) is 46.4 Å². The van der Waals surface area contributed by atoms with Crippen LogP contribution in [0.2, 0.25) is 0 Å². The Morgan fingerprint density at radius 3 is 2.75 bits per heavy atom. The Kier molecular flexibility index (Phi) is 3.31. The van der Waals surface area contributed by atoms with Gasteiger partial charge in [-0.2, -0.15) is 0 Å². The van der Waals surface area contributed by atoms with Crippen molar-refractivity contribution < 1.29 is 4.79 Å². The smallest absolute Gasteiger partial charge is 0.230 e. The maximum Gasteiger partial charge on any atom is 0.230 e. The van der Waals surface area contributed by atoms with Crippen LogP contribution >= 0.6 is 11.3 Å². The maximum atomic E-state index is 11.6. The van der Waals surface area contributed by atoms with Crippen molar-refractivity contribution in [1.82, 2.24) is 4.98 Å². The van der Waals surface area contributed by atoms with Crippen molar-refractivity contribution in [2.45, 2.75) is 13.3 Å². The van der Waals surface area contributed by atoms with E-state index in [1.807, 2.05) is 36.6 Å². The molecule has 4 heteroatoms. The standard InChI is InChI=1S/C12H12N2OS/c1-9-2-4-10(5-3-9)14-12(15)6-11-7-16-8-13-11/h2-5,7-8H,6H2,1H3,(H,14,15). The number of carbonyl (C=O) groups is 1. The van der Waals surface area contributed by atoms with Gasteiger partial charge in [0.2, 0.25) is 5.91 Å². The largest absolute Gasteiger partial charge is 0.326 e. The zero-order valence-electron chi connectivity index (χ0n) is 8.93. The van der Waals surface area contributed by atoms with Crippen molar-refractivity contribution in [1.29, 1.82) is 0 Å². The summed E-state index contributed by atoms with van der Waals surface area (Å²) in [5.74, 6) is -0.0326. The van der Waals surface area contributed by atoms with Crippen molar-refractivity contribution in [2.75, 3.05) is 5.32 Å². The Bertz CT molecular complexity index is 462. The molecule has 0 radical (unpaired) electrons. The average Bonchev–Trinajstić information content (AvgIpc) is 2.74. The lowest BCUT2D eigenvalue weighted by Gasteiger charge is -2.03. The number of nitrogens with one attached hydrogen (secondary N) is 1. The van der Waals surface area contributed by atoms with Gasteiger partial charge in [-0.15, -0.1) is 11.3 Å². The first kappa shape index (κ1) is 10.8. The maximum absolute atomic E-state index is 11.6. The molecule has 0 aliphatic carbocycles. The fourth-order valence-electron chi connectivity index (χ4n) is 1.33. The lowest BCUT2D eigenvalue weighted by atomic mass is 10.2. The number of hydrogen-bond donors (Lipinski definition) is 1. The van der Waals surface area contributed by atoms with Crippen LogP contribution in [0.25, 0.3) is 0 Å². The van der Waals surface area contributed by atoms with Crippen molar-refractivity contribution in [2.24, 2.45) is 0 Å². The van der Waals surface area contributed by atoms with E-state index in [0.717, 1.165) is 11.4 Å². The fourth-order valence-corrected chi connectivity index (χ4v) is 1.89. The third-order valence-electron chi connectivity index (χ3n) is 2.16. The first-order valence-electron chi connectivity index (χ1n) is 4.97. The molecule has 1 heterocycles. The molecular formula is C12H12N2OS. The fraction of sp³-hybridized carbons (Fsp3) is 0.167. The second-order valence-electron chi connectivity index (χ2n) is 3.57. The van der Waals surface area contributed by atoms with Gasteiger partial charge >= 0.3 is 0 Å². The Labute approximate surface area is 98.2 Å². The molecule has 1 amide bonds.